The molecule has 2 amide bonds. The lowest BCUT2D eigenvalue weighted by atomic mass is 10.1. The third-order valence-corrected chi connectivity index (χ3v) is 5.05. The van der Waals surface area contributed by atoms with E-state index in [0.717, 1.165) is 6.07 Å². The molecule has 1 atom stereocenters. The molecular weight excluding hydrogens is 404 g/mol. The van der Waals surface area contributed by atoms with Crippen molar-refractivity contribution in [1.82, 2.24) is 0 Å². The Morgan fingerprint density at radius 2 is 1.85 bits per heavy atom. The Morgan fingerprint density at radius 1 is 1.15 bits per heavy atom. The fourth-order valence-electron chi connectivity index (χ4n) is 2.34. The van der Waals surface area contributed by atoms with Crippen LogP contribution in [-0.4, -0.2) is 16.1 Å². The monoisotopic (exact) mass is 415 g/mol. The van der Waals surface area contributed by atoms with E-state index in [1.807, 2.05) is 0 Å². The Labute approximate surface area is 163 Å². The van der Waals surface area contributed by atoms with Gasteiger partial charge in [0.25, 0.3) is 5.91 Å². The minimum atomic E-state index is -1.04. The number of nitrogens with two attached hydrogens (primary N) is 1. The van der Waals surface area contributed by atoms with Crippen molar-refractivity contribution in [1.29, 1.82) is 0 Å². The van der Waals surface area contributed by atoms with E-state index in [-0.39, 0.29) is 27.9 Å². The number of nitrogen functional groups attached to an aromatic ring is 1. The van der Waals surface area contributed by atoms with Gasteiger partial charge in [0.2, 0.25) is 5.91 Å². The van der Waals surface area contributed by atoms with Gasteiger partial charge in [-0.2, -0.15) is 0 Å². The maximum atomic E-state index is 13.1. The Hall–Kier alpha value is -2.02. The summed E-state index contributed by atoms with van der Waals surface area (Å²) in [6, 6.07) is 8.05. The van der Waals surface area contributed by atoms with Gasteiger partial charge in [-0.05, 0) is 42.8 Å². The highest BCUT2D eigenvalue weighted by Gasteiger charge is 2.56. The van der Waals surface area contributed by atoms with Crippen molar-refractivity contribution < 1.29 is 14.0 Å². The zero-order chi connectivity index (χ0) is 19.1. The molecule has 0 bridgehead atoms. The second-order valence-electron chi connectivity index (χ2n) is 5.89. The number of nitrogens with one attached hydrogen (secondary N) is 2. The third kappa shape index (κ3) is 4.03. The molecular formula is C17H13Cl3FN3O2. The topological polar surface area (TPSA) is 84.2 Å². The number of alkyl halides is 2. The molecule has 0 saturated heterocycles. The van der Waals surface area contributed by atoms with E-state index in [4.69, 9.17) is 40.5 Å². The van der Waals surface area contributed by atoms with Crippen LogP contribution in [0.3, 0.4) is 0 Å². The highest BCUT2D eigenvalue weighted by Crippen LogP contribution is 2.53. The summed E-state index contributed by atoms with van der Waals surface area (Å²) < 4.78 is 12.1. The van der Waals surface area contributed by atoms with Crippen LogP contribution in [0.1, 0.15) is 16.8 Å². The molecule has 4 N–H and O–H groups in total. The Kier molecular flexibility index (Phi) is 5.01. The van der Waals surface area contributed by atoms with Crippen molar-refractivity contribution in [2.24, 2.45) is 5.92 Å². The molecule has 1 saturated carbocycles. The Balaban J connectivity index is 1.76. The summed E-state index contributed by atoms with van der Waals surface area (Å²) in [5, 5.41) is 5.37. The fourth-order valence-corrected chi connectivity index (χ4v) is 3.05. The van der Waals surface area contributed by atoms with Crippen molar-refractivity contribution in [2.75, 3.05) is 16.4 Å². The van der Waals surface area contributed by atoms with Crippen molar-refractivity contribution in [3.8, 4) is 0 Å². The molecule has 0 heterocycles. The average Bonchev–Trinajstić information content (AvgIpc) is 3.20. The number of anilines is 3. The molecule has 0 radical (unpaired) electrons. The van der Waals surface area contributed by atoms with E-state index in [1.165, 1.54) is 24.3 Å². The largest absolute Gasteiger partial charge is 0.397 e. The van der Waals surface area contributed by atoms with Gasteiger partial charge in [-0.15, -0.1) is 23.2 Å². The summed E-state index contributed by atoms with van der Waals surface area (Å²) in [6.45, 7) is 0. The average molecular weight is 417 g/mol. The second kappa shape index (κ2) is 6.95. The van der Waals surface area contributed by atoms with Crippen LogP contribution < -0.4 is 16.4 Å². The predicted octanol–water partition coefficient (Wildman–Crippen LogP) is 4.45. The quantitative estimate of drug-likeness (QED) is 0.509. The molecule has 26 heavy (non-hydrogen) atoms. The minimum absolute atomic E-state index is 0.0771. The molecule has 2 aromatic rings. The first kappa shape index (κ1) is 18.8. The lowest BCUT2D eigenvalue weighted by Crippen LogP contribution is -2.18. The second-order valence-corrected chi connectivity index (χ2v) is 7.84. The van der Waals surface area contributed by atoms with E-state index in [2.05, 4.69) is 10.6 Å². The molecule has 2 aromatic carbocycles. The van der Waals surface area contributed by atoms with Gasteiger partial charge in [0, 0.05) is 5.69 Å². The smallest absolute Gasteiger partial charge is 0.257 e. The molecule has 9 heteroatoms. The number of amides is 2. The van der Waals surface area contributed by atoms with Gasteiger partial charge in [-0.1, -0.05) is 11.6 Å². The highest BCUT2D eigenvalue weighted by molar-refractivity contribution is 6.52. The first-order valence-electron chi connectivity index (χ1n) is 7.52. The standard InChI is InChI=1S/C17H13Cl3FN3O2/c18-12-3-2-9(23-16(26)11-7-17(11,19)20)6-10(12)15(25)24-14-4-1-8(21)5-13(14)22/h1-6,11H,7,22H2,(H,23,26)(H,24,25). The van der Waals surface area contributed by atoms with Crippen LogP contribution >= 0.6 is 34.8 Å². The van der Waals surface area contributed by atoms with Gasteiger partial charge in [-0.3, -0.25) is 9.59 Å². The molecule has 3 rings (SSSR count). The van der Waals surface area contributed by atoms with E-state index >= 15 is 0 Å². The maximum absolute atomic E-state index is 13.1. The van der Waals surface area contributed by atoms with E-state index < -0.39 is 22.0 Å². The zero-order valence-corrected chi connectivity index (χ0v) is 15.4. The number of hydrogen-bond acceptors (Lipinski definition) is 3. The van der Waals surface area contributed by atoms with E-state index in [1.54, 1.807) is 6.07 Å². The van der Waals surface area contributed by atoms with Crippen LogP contribution in [0.4, 0.5) is 21.5 Å². The Morgan fingerprint density at radius 3 is 2.46 bits per heavy atom. The number of halogens is 4. The number of hydrogen-bond donors (Lipinski definition) is 3. The first-order valence-corrected chi connectivity index (χ1v) is 8.65. The highest BCUT2D eigenvalue weighted by atomic mass is 35.5. The van der Waals surface area contributed by atoms with Crippen molar-refractivity contribution >= 4 is 63.7 Å². The minimum Gasteiger partial charge on any atom is -0.397 e. The lowest BCUT2D eigenvalue weighted by molar-refractivity contribution is -0.117. The van der Waals surface area contributed by atoms with Gasteiger partial charge in [-0.25, -0.2) is 4.39 Å². The van der Waals surface area contributed by atoms with Crippen LogP contribution in [0.25, 0.3) is 0 Å². The summed E-state index contributed by atoms with van der Waals surface area (Å²) in [4.78, 5) is 24.5. The van der Waals surface area contributed by atoms with E-state index in [0.29, 0.717) is 12.1 Å². The summed E-state index contributed by atoms with van der Waals surface area (Å²) in [6.07, 6.45) is 0.368. The molecule has 0 aromatic heterocycles. The number of carbonyl (C=O) groups excluding carboxylic acids is 2. The molecule has 0 spiro atoms. The maximum Gasteiger partial charge on any atom is 0.257 e. The normalized spacial score (nSPS) is 17.5. The summed E-state index contributed by atoms with van der Waals surface area (Å²) in [5.74, 6) is -1.91. The zero-order valence-electron chi connectivity index (χ0n) is 13.2. The summed E-state index contributed by atoms with van der Waals surface area (Å²) in [5.41, 5.74) is 6.48. The van der Waals surface area contributed by atoms with E-state index in [9.17, 15) is 14.0 Å². The van der Waals surface area contributed by atoms with Gasteiger partial charge in [0.1, 0.15) is 10.2 Å². The number of carbonyl (C=O) groups is 2. The summed E-state index contributed by atoms with van der Waals surface area (Å²) in [7, 11) is 0. The third-order valence-electron chi connectivity index (χ3n) is 3.88. The van der Waals surface area contributed by atoms with Crippen molar-refractivity contribution in [3.63, 3.8) is 0 Å². The van der Waals surface area contributed by atoms with Gasteiger partial charge >= 0.3 is 0 Å². The molecule has 1 unspecified atom stereocenters. The van der Waals surface area contributed by atoms with Crippen LogP contribution in [0, 0.1) is 11.7 Å². The summed E-state index contributed by atoms with van der Waals surface area (Å²) >= 11 is 17.8. The molecule has 1 aliphatic carbocycles. The molecule has 1 aliphatic rings. The molecule has 0 aliphatic heterocycles. The number of rotatable bonds is 4. The van der Waals surface area contributed by atoms with Gasteiger partial charge < -0.3 is 16.4 Å². The van der Waals surface area contributed by atoms with Crippen molar-refractivity contribution in [3.05, 3.63) is 52.8 Å². The molecule has 5 nitrogen and oxygen atoms in total. The van der Waals surface area contributed by atoms with Crippen LogP contribution in [0.5, 0.6) is 0 Å². The first-order chi connectivity index (χ1) is 12.2. The molecule has 136 valence electrons. The lowest BCUT2D eigenvalue weighted by Gasteiger charge is -2.11. The predicted molar refractivity (Wildman–Crippen MR) is 101 cm³/mol. The Bertz CT molecular complexity index is 905. The fraction of sp³-hybridized carbons (Fsp3) is 0.176. The number of benzene rings is 2. The van der Waals surface area contributed by atoms with Crippen LogP contribution in [-0.2, 0) is 4.79 Å². The van der Waals surface area contributed by atoms with Crippen LogP contribution in [0.2, 0.25) is 5.02 Å². The molecule has 1 fully saturated rings. The SMILES string of the molecule is Nc1cc(F)ccc1NC(=O)c1cc(NC(=O)C2CC2(Cl)Cl)ccc1Cl. The van der Waals surface area contributed by atoms with Crippen molar-refractivity contribution in [2.45, 2.75) is 10.8 Å². The van der Waals surface area contributed by atoms with Gasteiger partial charge in [0.15, 0.2) is 0 Å². The van der Waals surface area contributed by atoms with Crippen LogP contribution in [0.15, 0.2) is 36.4 Å². The van der Waals surface area contributed by atoms with Gasteiger partial charge in [0.05, 0.1) is 27.9 Å².